The van der Waals surface area contributed by atoms with Gasteiger partial charge in [-0.15, -0.1) is 0 Å². The first-order valence-corrected chi connectivity index (χ1v) is 5.72. The van der Waals surface area contributed by atoms with E-state index in [2.05, 4.69) is 15.3 Å². The first kappa shape index (κ1) is 12.9. The minimum absolute atomic E-state index is 0.195. The molecule has 0 amide bonds. The van der Waals surface area contributed by atoms with Crippen LogP contribution in [0.15, 0.2) is 35.4 Å². The van der Waals surface area contributed by atoms with E-state index in [9.17, 15) is 4.79 Å². The van der Waals surface area contributed by atoms with E-state index >= 15 is 0 Å². The van der Waals surface area contributed by atoms with Crippen molar-refractivity contribution in [3.05, 3.63) is 46.5 Å². The number of methoxy groups -OCH3 is 2. The second-order valence-electron chi connectivity index (χ2n) is 3.83. The summed E-state index contributed by atoms with van der Waals surface area (Å²) in [6, 6.07) is 6.96. The Hall–Kier alpha value is -2.50. The van der Waals surface area contributed by atoms with Crippen LogP contribution in [-0.4, -0.2) is 24.2 Å². The predicted molar refractivity (Wildman–Crippen MR) is 71.7 cm³/mol. The molecule has 0 spiro atoms. The van der Waals surface area contributed by atoms with Crippen LogP contribution >= 0.6 is 0 Å². The van der Waals surface area contributed by atoms with Crippen molar-refractivity contribution in [2.45, 2.75) is 6.54 Å². The molecule has 0 aliphatic carbocycles. The van der Waals surface area contributed by atoms with Crippen molar-refractivity contribution in [3.63, 3.8) is 0 Å². The Morgan fingerprint density at radius 3 is 2.79 bits per heavy atom. The van der Waals surface area contributed by atoms with Crippen LogP contribution in [0.3, 0.4) is 0 Å². The van der Waals surface area contributed by atoms with Crippen LogP contribution in [-0.2, 0) is 6.54 Å². The van der Waals surface area contributed by atoms with E-state index < -0.39 is 0 Å². The SMILES string of the molecule is COc1ccc(CNc2cc(=O)[nH]cn2)c(OC)c1. The molecule has 100 valence electrons. The summed E-state index contributed by atoms with van der Waals surface area (Å²) in [6.07, 6.45) is 1.36. The van der Waals surface area contributed by atoms with Crippen LogP contribution < -0.4 is 20.3 Å². The van der Waals surface area contributed by atoms with Crippen molar-refractivity contribution in [3.8, 4) is 11.5 Å². The zero-order valence-electron chi connectivity index (χ0n) is 10.8. The smallest absolute Gasteiger partial charge is 0.252 e. The Bertz CT molecular complexity index is 610. The number of aromatic nitrogens is 2. The summed E-state index contributed by atoms with van der Waals surface area (Å²) in [5.41, 5.74) is 0.754. The standard InChI is InChI=1S/C13H15N3O3/c1-18-10-4-3-9(11(5-10)19-2)7-14-12-6-13(17)16-8-15-12/h3-6,8H,7H2,1-2H3,(H2,14,15,16,17). The minimum Gasteiger partial charge on any atom is -0.497 e. The number of hydrogen-bond acceptors (Lipinski definition) is 5. The molecule has 0 saturated heterocycles. The molecule has 2 aromatic rings. The average molecular weight is 261 g/mol. The van der Waals surface area contributed by atoms with Gasteiger partial charge in [0.2, 0.25) is 0 Å². The Labute approximate surface area is 110 Å². The molecule has 19 heavy (non-hydrogen) atoms. The molecule has 2 rings (SSSR count). The molecule has 0 aliphatic rings. The molecule has 6 heteroatoms. The highest BCUT2D eigenvalue weighted by Crippen LogP contribution is 2.24. The lowest BCUT2D eigenvalue weighted by Crippen LogP contribution is -2.09. The van der Waals surface area contributed by atoms with Crippen molar-refractivity contribution in [1.29, 1.82) is 0 Å². The Balaban J connectivity index is 2.13. The summed E-state index contributed by atoms with van der Waals surface area (Å²) >= 11 is 0. The molecule has 1 heterocycles. The number of ether oxygens (including phenoxy) is 2. The summed E-state index contributed by atoms with van der Waals surface area (Å²) in [4.78, 5) is 17.6. The van der Waals surface area contributed by atoms with Gasteiger partial charge in [0.25, 0.3) is 5.56 Å². The van der Waals surface area contributed by atoms with Gasteiger partial charge in [-0.1, -0.05) is 0 Å². The first-order valence-electron chi connectivity index (χ1n) is 5.72. The minimum atomic E-state index is -0.195. The summed E-state index contributed by atoms with van der Waals surface area (Å²) < 4.78 is 10.4. The molecule has 6 nitrogen and oxygen atoms in total. The van der Waals surface area contributed by atoms with E-state index in [1.807, 2.05) is 18.2 Å². The van der Waals surface area contributed by atoms with E-state index in [0.29, 0.717) is 12.4 Å². The zero-order valence-corrected chi connectivity index (χ0v) is 10.8. The van der Waals surface area contributed by atoms with E-state index in [0.717, 1.165) is 17.1 Å². The molecule has 0 saturated carbocycles. The van der Waals surface area contributed by atoms with Crippen LogP contribution in [0.5, 0.6) is 11.5 Å². The van der Waals surface area contributed by atoms with Gasteiger partial charge in [0.1, 0.15) is 17.3 Å². The molecule has 1 aromatic carbocycles. The fraction of sp³-hybridized carbons (Fsp3) is 0.231. The fourth-order valence-corrected chi connectivity index (χ4v) is 1.65. The van der Waals surface area contributed by atoms with Gasteiger partial charge in [0.05, 0.1) is 20.5 Å². The van der Waals surface area contributed by atoms with Crippen LogP contribution in [0.2, 0.25) is 0 Å². The maximum Gasteiger partial charge on any atom is 0.252 e. The molecule has 1 aromatic heterocycles. The van der Waals surface area contributed by atoms with Crippen molar-refractivity contribution in [1.82, 2.24) is 9.97 Å². The van der Waals surface area contributed by atoms with Crippen LogP contribution in [0.25, 0.3) is 0 Å². The second kappa shape index (κ2) is 5.90. The van der Waals surface area contributed by atoms with Gasteiger partial charge in [0.15, 0.2) is 0 Å². The monoisotopic (exact) mass is 261 g/mol. The molecule has 0 bridgehead atoms. The molecule has 0 aliphatic heterocycles. The summed E-state index contributed by atoms with van der Waals surface area (Å²) in [5, 5.41) is 3.06. The number of anilines is 1. The summed E-state index contributed by atoms with van der Waals surface area (Å²) in [7, 11) is 3.20. The first-order chi connectivity index (χ1) is 9.22. The fourth-order valence-electron chi connectivity index (χ4n) is 1.65. The average Bonchev–Trinajstić information content (AvgIpc) is 2.45. The lowest BCUT2D eigenvalue weighted by Gasteiger charge is -2.11. The number of H-pyrrole nitrogens is 1. The third-order valence-electron chi connectivity index (χ3n) is 2.63. The highest BCUT2D eigenvalue weighted by molar-refractivity contribution is 5.43. The third kappa shape index (κ3) is 3.25. The largest absolute Gasteiger partial charge is 0.497 e. The molecule has 0 unspecified atom stereocenters. The van der Waals surface area contributed by atoms with Gasteiger partial charge in [0, 0.05) is 24.2 Å². The molecule has 2 N–H and O–H groups in total. The number of nitrogens with zero attached hydrogens (tertiary/aromatic N) is 1. The Kier molecular flexibility index (Phi) is 4.02. The van der Waals surface area contributed by atoms with Crippen LogP contribution in [0.1, 0.15) is 5.56 Å². The normalized spacial score (nSPS) is 10.0. The summed E-state index contributed by atoms with van der Waals surface area (Å²) in [6.45, 7) is 0.504. The maximum atomic E-state index is 11.1. The topological polar surface area (TPSA) is 76.2 Å². The number of hydrogen-bond donors (Lipinski definition) is 2. The van der Waals surface area contributed by atoms with E-state index in [1.54, 1.807) is 14.2 Å². The second-order valence-corrected chi connectivity index (χ2v) is 3.83. The number of nitrogens with one attached hydrogen (secondary N) is 2. The van der Waals surface area contributed by atoms with Gasteiger partial charge in [-0.05, 0) is 12.1 Å². The molecular formula is C13H15N3O3. The Morgan fingerprint density at radius 2 is 2.11 bits per heavy atom. The molecule has 0 atom stereocenters. The van der Waals surface area contributed by atoms with Crippen LogP contribution in [0.4, 0.5) is 5.82 Å². The van der Waals surface area contributed by atoms with E-state index in [1.165, 1.54) is 12.4 Å². The number of benzene rings is 1. The van der Waals surface area contributed by atoms with Crippen molar-refractivity contribution < 1.29 is 9.47 Å². The van der Waals surface area contributed by atoms with Gasteiger partial charge in [-0.25, -0.2) is 4.98 Å². The van der Waals surface area contributed by atoms with E-state index in [4.69, 9.17) is 9.47 Å². The van der Waals surface area contributed by atoms with E-state index in [-0.39, 0.29) is 5.56 Å². The highest BCUT2D eigenvalue weighted by Gasteiger charge is 2.05. The third-order valence-corrected chi connectivity index (χ3v) is 2.63. The number of rotatable bonds is 5. The lowest BCUT2D eigenvalue weighted by atomic mass is 10.2. The zero-order chi connectivity index (χ0) is 13.7. The molecular weight excluding hydrogens is 246 g/mol. The quantitative estimate of drug-likeness (QED) is 0.850. The maximum absolute atomic E-state index is 11.1. The van der Waals surface area contributed by atoms with Gasteiger partial charge in [-0.3, -0.25) is 4.79 Å². The molecule has 0 radical (unpaired) electrons. The van der Waals surface area contributed by atoms with Gasteiger partial charge >= 0.3 is 0 Å². The molecule has 0 fully saturated rings. The van der Waals surface area contributed by atoms with Gasteiger partial charge < -0.3 is 19.8 Å². The predicted octanol–water partition coefficient (Wildman–Crippen LogP) is 1.40. The Morgan fingerprint density at radius 1 is 1.26 bits per heavy atom. The lowest BCUT2D eigenvalue weighted by molar-refractivity contribution is 0.391. The van der Waals surface area contributed by atoms with Crippen molar-refractivity contribution in [2.24, 2.45) is 0 Å². The summed E-state index contributed by atoms with van der Waals surface area (Å²) in [5.74, 6) is 1.97. The van der Waals surface area contributed by atoms with Crippen molar-refractivity contribution in [2.75, 3.05) is 19.5 Å². The van der Waals surface area contributed by atoms with Crippen LogP contribution in [0, 0.1) is 0 Å². The number of aromatic amines is 1. The van der Waals surface area contributed by atoms with Crippen molar-refractivity contribution >= 4 is 5.82 Å². The highest BCUT2D eigenvalue weighted by atomic mass is 16.5. The van der Waals surface area contributed by atoms with Gasteiger partial charge in [-0.2, -0.15) is 0 Å².